The zero-order valence-electron chi connectivity index (χ0n) is 10.7. The van der Waals surface area contributed by atoms with Crippen LogP contribution < -0.4 is 5.32 Å². The van der Waals surface area contributed by atoms with E-state index in [0.29, 0.717) is 10.7 Å². The minimum absolute atomic E-state index is 0.0610. The van der Waals surface area contributed by atoms with Crippen molar-refractivity contribution in [2.45, 2.75) is 19.8 Å². The zero-order valence-corrected chi connectivity index (χ0v) is 11.5. The Morgan fingerprint density at radius 2 is 2.15 bits per heavy atom. The van der Waals surface area contributed by atoms with Gasteiger partial charge in [0, 0.05) is 11.6 Å². The van der Waals surface area contributed by atoms with Gasteiger partial charge in [0.1, 0.15) is 5.01 Å². The molecule has 0 atom stereocenters. The number of nitro benzene ring substituents is 1. The lowest BCUT2D eigenvalue weighted by Crippen LogP contribution is -2.15. The van der Waals surface area contributed by atoms with Crippen molar-refractivity contribution in [2.24, 2.45) is 0 Å². The highest BCUT2D eigenvalue weighted by Gasteiger charge is 2.16. The summed E-state index contributed by atoms with van der Waals surface area (Å²) in [6.07, 6.45) is 0.676. The molecule has 0 saturated carbocycles. The number of anilines is 1. The molecule has 0 saturated heterocycles. The molecule has 2 aromatic rings. The first-order valence-corrected chi connectivity index (χ1v) is 6.76. The van der Waals surface area contributed by atoms with Gasteiger partial charge in [-0.1, -0.05) is 36.5 Å². The van der Waals surface area contributed by atoms with E-state index < -0.39 is 4.92 Å². The number of benzene rings is 1. The fraction of sp³-hybridized carbons (Fsp3) is 0.250. The van der Waals surface area contributed by atoms with Crippen molar-refractivity contribution in [3.63, 3.8) is 0 Å². The van der Waals surface area contributed by atoms with E-state index in [4.69, 9.17) is 0 Å². The van der Waals surface area contributed by atoms with Crippen LogP contribution in [0.1, 0.15) is 17.5 Å². The highest BCUT2D eigenvalue weighted by atomic mass is 32.1. The number of hydrogen-bond acceptors (Lipinski definition) is 6. The van der Waals surface area contributed by atoms with Gasteiger partial charge in [-0.15, -0.1) is 10.2 Å². The number of para-hydroxylation sites is 1. The number of amides is 1. The number of carbonyl (C=O) groups is 1. The predicted molar refractivity (Wildman–Crippen MR) is 74.7 cm³/mol. The summed E-state index contributed by atoms with van der Waals surface area (Å²) in [6.45, 7) is 1.94. The number of nitrogens with one attached hydrogen (secondary N) is 1. The van der Waals surface area contributed by atoms with Gasteiger partial charge >= 0.3 is 0 Å². The lowest BCUT2D eigenvalue weighted by Gasteiger charge is -2.02. The summed E-state index contributed by atoms with van der Waals surface area (Å²) in [5.74, 6) is -0.349. The fourth-order valence-electron chi connectivity index (χ4n) is 1.62. The van der Waals surface area contributed by atoms with E-state index in [1.165, 1.54) is 17.4 Å². The molecule has 0 unspecified atom stereocenters. The summed E-state index contributed by atoms with van der Waals surface area (Å²) in [7, 11) is 0. The minimum atomic E-state index is -0.497. The Bertz CT molecular complexity index is 641. The van der Waals surface area contributed by atoms with Gasteiger partial charge in [0.2, 0.25) is 11.0 Å². The molecule has 0 aliphatic heterocycles. The van der Waals surface area contributed by atoms with Crippen molar-refractivity contribution in [3.8, 4) is 0 Å². The van der Waals surface area contributed by atoms with E-state index in [9.17, 15) is 14.9 Å². The molecule has 1 aromatic heterocycles. The largest absolute Gasteiger partial charge is 0.300 e. The number of nitrogens with zero attached hydrogens (tertiary/aromatic N) is 3. The Morgan fingerprint density at radius 1 is 1.40 bits per heavy atom. The smallest absolute Gasteiger partial charge is 0.273 e. The fourth-order valence-corrected chi connectivity index (χ4v) is 2.32. The van der Waals surface area contributed by atoms with Gasteiger partial charge in [-0.2, -0.15) is 0 Å². The molecule has 0 fully saturated rings. The van der Waals surface area contributed by atoms with Crippen LogP contribution >= 0.6 is 11.3 Å². The van der Waals surface area contributed by atoms with Crippen molar-refractivity contribution >= 4 is 28.1 Å². The molecule has 2 rings (SSSR count). The van der Waals surface area contributed by atoms with E-state index >= 15 is 0 Å². The molecular formula is C12H12N4O3S. The molecule has 0 radical (unpaired) electrons. The molecule has 1 heterocycles. The van der Waals surface area contributed by atoms with Gasteiger partial charge < -0.3 is 5.32 Å². The molecule has 0 aliphatic rings. The molecular weight excluding hydrogens is 280 g/mol. The summed E-state index contributed by atoms with van der Waals surface area (Å²) in [4.78, 5) is 22.2. The summed E-state index contributed by atoms with van der Waals surface area (Å²) in [6, 6.07) is 6.17. The van der Waals surface area contributed by atoms with Gasteiger partial charge in [0.25, 0.3) is 5.69 Å². The Hall–Kier alpha value is -2.35. The zero-order chi connectivity index (χ0) is 14.5. The maximum Gasteiger partial charge on any atom is 0.273 e. The van der Waals surface area contributed by atoms with Gasteiger partial charge in [-0.05, 0) is 6.42 Å². The highest BCUT2D eigenvalue weighted by molar-refractivity contribution is 7.15. The summed E-state index contributed by atoms with van der Waals surface area (Å²) in [5, 5.41) is 22.4. The Morgan fingerprint density at radius 3 is 2.80 bits per heavy atom. The van der Waals surface area contributed by atoms with Crippen LogP contribution in [0, 0.1) is 10.1 Å². The second kappa shape index (κ2) is 6.20. The number of hydrogen-bond donors (Lipinski definition) is 1. The molecule has 7 nitrogen and oxygen atoms in total. The van der Waals surface area contributed by atoms with Crippen molar-refractivity contribution in [3.05, 3.63) is 45.0 Å². The van der Waals surface area contributed by atoms with Crippen LogP contribution in [-0.4, -0.2) is 21.0 Å². The third-order valence-electron chi connectivity index (χ3n) is 2.55. The lowest BCUT2D eigenvalue weighted by atomic mass is 10.1. The number of rotatable bonds is 5. The predicted octanol–water partition coefficient (Wildman–Crippen LogP) is 2.19. The van der Waals surface area contributed by atoms with E-state index in [2.05, 4.69) is 15.5 Å². The van der Waals surface area contributed by atoms with E-state index in [0.717, 1.165) is 11.4 Å². The first-order valence-electron chi connectivity index (χ1n) is 5.94. The van der Waals surface area contributed by atoms with Gasteiger partial charge in [-0.25, -0.2) is 0 Å². The van der Waals surface area contributed by atoms with Crippen molar-refractivity contribution in [2.75, 3.05) is 5.32 Å². The average Bonchev–Trinajstić information content (AvgIpc) is 2.86. The maximum absolute atomic E-state index is 11.9. The quantitative estimate of drug-likeness (QED) is 0.672. The van der Waals surface area contributed by atoms with Crippen LogP contribution in [0.2, 0.25) is 0 Å². The molecule has 1 amide bonds. The van der Waals surface area contributed by atoms with Crippen LogP contribution in [0.15, 0.2) is 24.3 Å². The number of nitro groups is 1. The molecule has 20 heavy (non-hydrogen) atoms. The molecule has 0 aliphatic carbocycles. The first-order chi connectivity index (χ1) is 9.60. The Labute approximate surface area is 118 Å². The third-order valence-corrected chi connectivity index (χ3v) is 3.54. The summed E-state index contributed by atoms with van der Waals surface area (Å²) < 4.78 is 0. The van der Waals surface area contributed by atoms with Gasteiger partial charge in [0.05, 0.1) is 11.3 Å². The minimum Gasteiger partial charge on any atom is -0.300 e. The molecule has 104 valence electrons. The number of aromatic nitrogens is 2. The number of carbonyl (C=O) groups excluding carboxylic acids is 1. The second-order valence-corrected chi connectivity index (χ2v) is 5.03. The molecule has 1 aromatic carbocycles. The van der Waals surface area contributed by atoms with Gasteiger partial charge in [-0.3, -0.25) is 14.9 Å². The SMILES string of the molecule is CCc1nnc(NC(=O)Cc2ccccc2[N+](=O)[O-])s1. The van der Waals surface area contributed by atoms with Gasteiger partial charge in [0.15, 0.2) is 0 Å². The maximum atomic E-state index is 11.9. The van der Waals surface area contributed by atoms with Crippen LogP contribution in [0.25, 0.3) is 0 Å². The normalized spacial score (nSPS) is 10.2. The highest BCUT2D eigenvalue weighted by Crippen LogP contribution is 2.20. The summed E-state index contributed by atoms with van der Waals surface area (Å²) >= 11 is 1.29. The standard InChI is InChI=1S/C12H12N4O3S/c1-2-11-14-15-12(20-11)13-10(17)7-8-5-3-4-6-9(8)16(18)19/h3-6H,2,7H2,1H3,(H,13,15,17). The van der Waals surface area contributed by atoms with Crippen molar-refractivity contribution in [1.82, 2.24) is 10.2 Å². The topological polar surface area (TPSA) is 98.0 Å². The molecule has 1 N–H and O–H groups in total. The van der Waals surface area contributed by atoms with Crippen LogP contribution in [-0.2, 0) is 17.6 Å². The average molecular weight is 292 g/mol. The molecule has 0 bridgehead atoms. The first kappa shape index (κ1) is 14.1. The van der Waals surface area contributed by atoms with E-state index in [-0.39, 0.29) is 18.0 Å². The molecule has 0 spiro atoms. The second-order valence-electron chi connectivity index (χ2n) is 3.97. The van der Waals surface area contributed by atoms with Crippen molar-refractivity contribution < 1.29 is 9.72 Å². The number of aryl methyl sites for hydroxylation is 1. The summed E-state index contributed by atoms with van der Waals surface area (Å²) in [5.41, 5.74) is 0.310. The van der Waals surface area contributed by atoms with Crippen molar-refractivity contribution in [1.29, 1.82) is 0 Å². The molecule has 8 heteroatoms. The van der Waals surface area contributed by atoms with Crippen LogP contribution in [0.4, 0.5) is 10.8 Å². The van der Waals surface area contributed by atoms with Crippen LogP contribution in [0.5, 0.6) is 0 Å². The van der Waals surface area contributed by atoms with E-state index in [1.54, 1.807) is 18.2 Å². The monoisotopic (exact) mass is 292 g/mol. The van der Waals surface area contributed by atoms with E-state index in [1.807, 2.05) is 6.92 Å². The third kappa shape index (κ3) is 3.35. The Balaban J connectivity index is 2.06. The lowest BCUT2D eigenvalue weighted by molar-refractivity contribution is -0.385. The Kier molecular flexibility index (Phi) is 4.36. The van der Waals surface area contributed by atoms with Crippen LogP contribution in [0.3, 0.4) is 0 Å².